The Kier molecular flexibility index (Phi) is 7.24. The van der Waals surface area contributed by atoms with E-state index in [-0.39, 0.29) is 0 Å². The summed E-state index contributed by atoms with van der Waals surface area (Å²) in [6, 6.07) is 72.2. The minimum atomic E-state index is 0.776. The Morgan fingerprint density at radius 2 is 0.639 bits per heavy atom. The van der Waals surface area contributed by atoms with E-state index in [0.717, 1.165) is 121 Å². The first-order valence-corrected chi connectivity index (χ1v) is 20.6. The second kappa shape index (κ2) is 13.1. The molecule has 10 aromatic carbocycles. The summed E-state index contributed by atoms with van der Waals surface area (Å²) in [5.74, 6) is 0. The Bertz CT molecular complexity index is 3590. The smallest absolute Gasteiger partial charge is 0.160 e. The molecule has 5 heteroatoms. The van der Waals surface area contributed by atoms with Gasteiger partial charge in [-0.1, -0.05) is 146 Å². The highest BCUT2D eigenvalue weighted by Gasteiger charge is 2.29. The molecule has 286 valence electrons. The van der Waals surface area contributed by atoms with E-state index in [9.17, 15) is 0 Å². The van der Waals surface area contributed by atoms with Crippen LogP contribution < -0.4 is 9.80 Å². The fourth-order valence-electron chi connectivity index (χ4n) is 9.55. The second-order valence-electron chi connectivity index (χ2n) is 15.6. The van der Waals surface area contributed by atoms with E-state index in [1.165, 1.54) is 0 Å². The lowest BCUT2D eigenvalue weighted by molar-refractivity contribution is 0.665. The van der Waals surface area contributed by atoms with Gasteiger partial charge in [0.15, 0.2) is 22.3 Å². The highest BCUT2D eigenvalue weighted by Crippen LogP contribution is 2.53. The van der Waals surface area contributed by atoms with Crippen LogP contribution in [0.1, 0.15) is 0 Å². The minimum Gasteiger partial charge on any atom is -0.454 e. The molecular weight excluding hydrogens is 749 g/mol. The summed E-state index contributed by atoms with van der Waals surface area (Å²) in [6.07, 6.45) is 0. The van der Waals surface area contributed by atoms with Gasteiger partial charge >= 0.3 is 0 Å². The monoisotopic (exact) mass is 782 g/mol. The maximum atomic E-state index is 7.58. The van der Waals surface area contributed by atoms with Gasteiger partial charge in [-0.15, -0.1) is 0 Å². The third-order valence-corrected chi connectivity index (χ3v) is 12.2. The largest absolute Gasteiger partial charge is 0.454 e. The van der Waals surface area contributed by atoms with Gasteiger partial charge in [0, 0.05) is 43.7 Å². The molecule has 0 aliphatic heterocycles. The van der Waals surface area contributed by atoms with Gasteiger partial charge in [0.25, 0.3) is 0 Å². The molecule has 0 aliphatic rings. The summed E-state index contributed by atoms with van der Waals surface area (Å²) in [7, 11) is 0. The van der Waals surface area contributed by atoms with Gasteiger partial charge in [-0.25, -0.2) is 0 Å². The van der Waals surface area contributed by atoms with Crippen LogP contribution >= 0.6 is 0 Å². The Labute approximate surface area is 349 Å². The Morgan fingerprint density at radius 1 is 0.262 bits per heavy atom. The van der Waals surface area contributed by atoms with Crippen molar-refractivity contribution in [2.45, 2.75) is 0 Å². The van der Waals surface area contributed by atoms with Crippen LogP contribution in [0.2, 0.25) is 0 Å². The lowest BCUT2D eigenvalue weighted by atomic mass is 9.97. The lowest BCUT2D eigenvalue weighted by Crippen LogP contribution is -2.10. The van der Waals surface area contributed by atoms with Crippen molar-refractivity contribution in [2.75, 3.05) is 9.80 Å². The third kappa shape index (κ3) is 5.01. The molecule has 0 saturated heterocycles. The first kappa shape index (κ1) is 33.7. The van der Waals surface area contributed by atoms with E-state index in [0.29, 0.717) is 0 Å². The van der Waals surface area contributed by atoms with Crippen LogP contribution in [0.3, 0.4) is 0 Å². The van der Waals surface area contributed by atoms with Gasteiger partial charge in [-0.05, 0) is 82.2 Å². The predicted molar refractivity (Wildman–Crippen MR) is 253 cm³/mol. The van der Waals surface area contributed by atoms with Gasteiger partial charge in [-0.3, -0.25) is 0 Å². The molecule has 0 aliphatic carbocycles. The van der Waals surface area contributed by atoms with Crippen LogP contribution in [-0.4, -0.2) is 0 Å². The zero-order valence-electron chi connectivity index (χ0n) is 32.7. The standard InChI is InChI=1S/C56H34N2O3/c1-3-19-37(20-4-1)57(45-29-15-27-43-41-25-11-13-31-49(41)59-53(43)45)47-33-35-17-7-9-23-39(35)51-52-40-24-10-8-18-36(40)34-48(56(52)61-55(47)51)58(38-21-5-2-6-22-38)46-30-16-28-44-42-26-12-14-32-50(42)60-54(44)46/h1-34H. The summed E-state index contributed by atoms with van der Waals surface area (Å²) in [4.78, 5) is 4.60. The highest BCUT2D eigenvalue weighted by molar-refractivity contribution is 6.31. The maximum absolute atomic E-state index is 7.58. The molecule has 3 heterocycles. The average molecular weight is 783 g/mol. The molecule has 0 saturated carbocycles. The molecule has 0 fully saturated rings. The van der Waals surface area contributed by atoms with Crippen LogP contribution in [-0.2, 0) is 0 Å². The molecule has 0 radical (unpaired) electrons. The van der Waals surface area contributed by atoms with Crippen LogP contribution in [0, 0.1) is 0 Å². The number of rotatable bonds is 6. The van der Waals surface area contributed by atoms with Crippen LogP contribution in [0.4, 0.5) is 34.1 Å². The molecule has 3 aromatic heterocycles. The molecule has 0 unspecified atom stereocenters. The highest BCUT2D eigenvalue weighted by atomic mass is 16.3. The van der Waals surface area contributed by atoms with E-state index in [2.05, 4.69) is 192 Å². The molecule has 0 atom stereocenters. The topological polar surface area (TPSA) is 45.9 Å². The van der Waals surface area contributed by atoms with Crippen molar-refractivity contribution in [3.8, 4) is 0 Å². The molecule has 0 N–H and O–H groups in total. The normalized spacial score (nSPS) is 11.9. The number of nitrogens with zero attached hydrogens (tertiary/aromatic N) is 2. The number of benzene rings is 10. The number of fused-ring (bicyclic) bond motifs is 13. The Morgan fingerprint density at radius 3 is 1.10 bits per heavy atom. The van der Waals surface area contributed by atoms with Crippen molar-refractivity contribution in [3.05, 3.63) is 206 Å². The summed E-state index contributed by atoms with van der Waals surface area (Å²) in [5, 5.41) is 10.8. The first-order chi connectivity index (χ1) is 30.3. The van der Waals surface area contributed by atoms with Gasteiger partial charge in [0.1, 0.15) is 11.2 Å². The molecule has 0 spiro atoms. The van der Waals surface area contributed by atoms with E-state index >= 15 is 0 Å². The maximum Gasteiger partial charge on any atom is 0.160 e. The Balaban J connectivity index is 1.18. The molecule has 13 rings (SSSR count). The summed E-state index contributed by atoms with van der Waals surface area (Å²) >= 11 is 0. The van der Waals surface area contributed by atoms with Gasteiger partial charge in [-0.2, -0.15) is 0 Å². The minimum absolute atomic E-state index is 0.776. The zero-order valence-corrected chi connectivity index (χ0v) is 32.7. The number of hydrogen-bond donors (Lipinski definition) is 0. The number of furan rings is 3. The SMILES string of the molecule is c1ccc(N(c2cccc3c2oc2ccccc23)c2cc3ccccc3c3c2oc2c(N(c4ccccc4)c4cccc5c4oc4ccccc45)cc4ccccc4c23)cc1. The van der Waals surface area contributed by atoms with E-state index in [1.54, 1.807) is 0 Å². The van der Waals surface area contributed by atoms with Gasteiger partial charge < -0.3 is 23.1 Å². The zero-order chi connectivity index (χ0) is 40.0. The van der Waals surface area contributed by atoms with E-state index in [4.69, 9.17) is 13.3 Å². The molecule has 0 amide bonds. The van der Waals surface area contributed by atoms with Crippen LogP contribution in [0.5, 0.6) is 0 Å². The van der Waals surface area contributed by atoms with Crippen molar-refractivity contribution < 1.29 is 13.3 Å². The summed E-state index contributed by atoms with van der Waals surface area (Å²) in [6.45, 7) is 0. The van der Waals surface area contributed by atoms with E-state index in [1.807, 2.05) is 24.3 Å². The first-order valence-electron chi connectivity index (χ1n) is 20.6. The van der Waals surface area contributed by atoms with Crippen molar-refractivity contribution in [3.63, 3.8) is 0 Å². The Hall–Kier alpha value is -8.28. The van der Waals surface area contributed by atoms with Crippen molar-refractivity contribution in [2.24, 2.45) is 0 Å². The molecule has 5 nitrogen and oxygen atoms in total. The van der Waals surface area contributed by atoms with Crippen LogP contribution in [0.15, 0.2) is 220 Å². The number of para-hydroxylation sites is 6. The molecule has 0 bridgehead atoms. The predicted octanol–water partition coefficient (Wildman–Crippen LogP) is 16.6. The molecular formula is C56H34N2O3. The van der Waals surface area contributed by atoms with Crippen molar-refractivity contribution in [1.82, 2.24) is 0 Å². The van der Waals surface area contributed by atoms with Crippen molar-refractivity contribution >= 4 is 121 Å². The third-order valence-electron chi connectivity index (χ3n) is 12.2. The summed E-state index contributed by atoms with van der Waals surface area (Å²) in [5.41, 5.74) is 10.5. The lowest BCUT2D eigenvalue weighted by Gasteiger charge is -2.26. The fourth-order valence-corrected chi connectivity index (χ4v) is 9.55. The van der Waals surface area contributed by atoms with Gasteiger partial charge in [0.2, 0.25) is 0 Å². The van der Waals surface area contributed by atoms with Gasteiger partial charge in [0.05, 0.1) is 22.7 Å². The molecule has 13 aromatic rings. The molecule has 61 heavy (non-hydrogen) atoms. The second-order valence-corrected chi connectivity index (χ2v) is 15.6. The van der Waals surface area contributed by atoms with E-state index < -0.39 is 0 Å². The van der Waals surface area contributed by atoms with Crippen molar-refractivity contribution in [1.29, 1.82) is 0 Å². The average Bonchev–Trinajstić information content (AvgIpc) is 4.03. The van der Waals surface area contributed by atoms with Crippen LogP contribution in [0.25, 0.3) is 87.4 Å². The quantitative estimate of drug-likeness (QED) is 0.168. The number of anilines is 6. The number of hydrogen-bond acceptors (Lipinski definition) is 5. The summed E-state index contributed by atoms with van der Waals surface area (Å²) < 4.78 is 21.1. The fraction of sp³-hybridized carbons (Fsp3) is 0.